The molecule has 1 aliphatic carbocycles. The van der Waals surface area contributed by atoms with Gasteiger partial charge in [0, 0.05) is 12.3 Å². The molecule has 0 aliphatic heterocycles. The molecule has 0 aromatic carbocycles. The summed E-state index contributed by atoms with van der Waals surface area (Å²) < 4.78 is 4.60. The van der Waals surface area contributed by atoms with Crippen LogP contribution in [-0.2, 0) is 14.3 Å². The normalized spacial score (nSPS) is 27.1. The Labute approximate surface area is 110 Å². The van der Waals surface area contributed by atoms with E-state index < -0.39 is 0 Å². The summed E-state index contributed by atoms with van der Waals surface area (Å²) in [6, 6.07) is 0. The van der Waals surface area contributed by atoms with Crippen molar-refractivity contribution in [3.63, 3.8) is 0 Å². The van der Waals surface area contributed by atoms with Gasteiger partial charge in [-0.15, -0.1) is 0 Å². The molecule has 0 heterocycles. The molecule has 1 rings (SSSR count). The van der Waals surface area contributed by atoms with Gasteiger partial charge in [-0.2, -0.15) is 0 Å². The lowest BCUT2D eigenvalue weighted by molar-refractivity contribution is -0.140. The molecule has 0 N–H and O–H groups in total. The molecule has 3 nitrogen and oxygen atoms in total. The predicted octanol–water partition coefficient (Wildman–Crippen LogP) is 3.36. The number of rotatable bonds is 8. The molecule has 0 unspecified atom stereocenters. The third kappa shape index (κ3) is 4.79. The summed E-state index contributed by atoms with van der Waals surface area (Å²) >= 11 is 0. The van der Waals surface area contributed by atoms with Crippen LogP contribution >= 0.6 is 0 Å². The van der Waals surface area contributed by atoms with E-state index in [0.717, 1.165) is 32.0 Å². The quantitative estimate of drug-likeness (QED) is 0.379. The van der Waals surface area contributed by atoms with Gasteiger partial charge in [0.25, 0.3) is 0 Å². The largest absolute Gasteiger partial charge is 0.469 e. The van der Waals surface area contributed by atoms with Gasteiger partial charge in [-0.25, -0.2) is 0 Å². The van der Waals surface area contributed by atoms with Crippen LogP contribution in [0.2, 0.25) is 0 Å². The average molecular weight is 254 g/mol. The smallest absolute Gasteiger partial charge is 0.305 e. The SMILES string of the molecule is COC(=O)CCCCCC[C@H]1[C@@H](C)CC[C@@H]1C=O. The molecule has 0 radical (unpaired) electrons. The van der Waals surface area contributed by atoms with Gasteiger partial charge in [-0.3, -0.25) is 4.79 Å². The molecule has 0 saturated heterocycles. The summed E-state index contributed by atoms with van der Waals surface area (Å²) in [5.74, 6) is 1.49. The number of carbonyl (C=O) groups is 2. The second kappa shape index (κ2) is 8.28. The highest BCUT2D eigenvalue weighted by atomic mass is 16.5. The lowest BCUT2D eigenvalue weighted by Crippen LogP contribution is -2.14. The molecule has 1 saturated carbocycles. The van der Waals surface area contributed by atoms with Gasteiger partial charge in [0.05, 0.1) is 7.11 Å². The van der Waals surface area contributed by atoms with Crippen LogP contribution in [0.15, 0.2) is 0 Å². The lowest BCUT2D eigenvalue weighted by Gasteiger charge is -2.18. The Morgan fingerprint density at radius 2 is 1.94 bits per heavy atom. The van der Waals surface area contributed by atoms with Crippen LogP contribution in [-0.4, -0.2) is 19.4 Å². The lowest BCUT2D eigenvalue weighted by atomic mass is 9.86. The molecule has 18 heavy (non-hydrogen) atoms. The van der Waals surface area contributed by atoms with E-state index in [1.54, 1.807) is 0 Å². The molecule has 0 aromatic heterocycles. The fraction of sp³-hybridized carbons (Fsp3) is 0.867. The van der Waals surface area contributed by atoms with E-state index in [9.17, 15) is 9.59 Å². The highest BCUT2D eigenvalue weighted by Gasteiger charge is 2.32. The summed E-state index contributed by atoms with van der Waals surface area (Å²) in [5, 5.41) is 0. The number of unbranched alkanes of at least 4 members (excludes halogenated alkanes) is 3. The Kier molecular flexibility index (Phi) is 6.99. The summed E-state index contributed by atoms with van der Waals surface area (Å²) in [4.78, 5) is 21.9. The fourth-order valence-corrected chi connectivity index (χ4v) is 3.08. The maximum Gasteiger partial charge on any atom is 0.305 e. The Bertz CT molecular complexity index is 262. The number of aldehydes is 1. The standard InChI is InChI=1S/C15H26O3/c1-12-9-10-13(11-16)14(12)7-5-3-4-6-8-15(17)18-2/h11-14H,3-10H2,1-2H3/t12-,13+,14-/m0/s1. The molecular weight excluding hydrogens is 228 g/mol. The molecule has 0 amide bonds. The average Bonchev–Trinajstić information content (AvgIpc) is 2.74. The fourth-order valence-electron chi connectivity index (χ4n) is 3.08. The highest BCUT2D eigenvalue weighted by Crippen LogP contribution is 2.38. The summed E-state index contributed by atoms with van der Waals surface area (Å²) in [5.41, 5.74) is 0. The summed E-state index contributed by atoms with van der Waals surface area (Å²) in [6.45, 7) is 2.27. The van der Waals surface area contributed by atoms with Crippen molar-refractivity contribution in [3.05, 3.63) is 0 Å². The van der Waals surface area contributed by atoms with E-state index in [1.165, 1.54) is 26.4 Å². The zero-order valence-corrected chi connectivity index (χ0v) is 11.7. The molecule has 3 atom stereocenters. The molecular formula is C15H26O3. The maximum absolute atomic E-state index is 11.0. The van der Waals surface area contributed by atoms with Gasteiger partial charge in [-0.1, -0.05) is 26.2 Å². The van der Waals surface area contributed by atoms with Crippen LogP contribution in [0.5, 0.6) is 0 Å². The van der Waals surface area contributed by atoms with Crippen molar-refractivity contribution in [2.75, 3.05) is 7.11 Å². The molecule has 3 heteroatoms. The number of carbonyl (C=O) groups excluding carboxylic acids is 2. The third-order valence-corrected chi connectivity index (χ3v) is 4.31. The zero-order chi connectivity index (χ0) is 13.4. The Balaban J connectivity index is 2.06. The van der Waals surface area contributed by atoms with Crippen molar-refractivity contribution < 1.29 is 14.3 Å². The first-order valence-corrected chi connectivity index (χ1v) is 7.21. The zero-order valence-electron chi connectivity index (χ0n) is 11.7. The van der Waals surface area contributed by atoms with Gasteiger partial charge in [0.2, 0.25) is 0 Å². The number of methoxy groups -OCH3 is 1. The minimum absolute atomic E-state index is 0.111. The maximum atomic E-state index is 11.0. The minimum atomic E-state index is -0.111. The molecule has 0 spiro atoms. The summed E-state index contributed by atoms with van der Waals surface area (Å²) in [6.07, 6.45) is 9.49. The van der Waals surface area contributed by atoms with Gasteiger partial charge in [0.1, 0.15) is 6.29 Å². The number of hydrogen-bond acceptors (Lipinski definition) is 3. The van der Waals surface area contributed by atoms with Crippen LogP contribution in [0.4, 0.5) is 0 Å². The first-order chi connectivity index (χ1) is 8.69. The first kappa shape index (κ1) is 15.2. The number of ether oxygens (including phenoxy) is 1. The van der Waals surface area contributed by atoms with E-state index in [2.05, 4.69) is 11.7 Å². The molecule has 1 aliphatic rings. The minimum Gasteiger partial charge on any atom is -0.469 e. The van der Waals surface area contributed by atoms with Crippen molar-refractivity contribution in [1.82, 2.24) is 0 Å². The molecule has 0 aromatic rings. The Morgan fingerprint density at radius 1 is 1.22 bits per heavy atom. The predicted molar refractivity (Wildman–Crippen MR) is 71.2 cm³/mol. The first-order valence-electron chi connectivity index (χ1n) is 7.21. The van der Waals surface area contributed by atoms with Crippen LogP contribution in [0.3, 0.4) is 0 Å². The Morgan fingerprint density at radius 3 is 2.61 bits per heavy atom. The van der Waals surface area contributed by atoms with E-state index in [0.29, 0.717) is 24.2 Å². The molecule has 104 valence electrons. The number of esters is 1. The summed E-state index contributed by atoms with van der Waals surface area (Å²) in [7, 11) is 1.43. The van der Waals surface area contributed by atoms with Crippen LogP contribution in [0.1, 0.15) is 58.3 Å². The topological polar surface area (TPSA) is 43.4 Å². The van der Waals surface area contributed by atoms with E-state index in [4.69, 9.17) is 0 Å². The second-order valence-electron chi connectivity index (χ2n) is 5.55. The van der Waals surface area contributed by atoms with Crippen molar-refractivity contribution in [1.29, 1.82) is 0 Å². The van der Waals surface area contributed by atoms with Crippen LogP contribution in [0.25, 0.3) is 0 Å². The van der Waals surface area contributed by atoms with E-state index in [1.807, 2.05) is 0 Å². The van der Waals surface area contributed by atoms with Gasteiger partial charge >= 0.3 is 5.97 Å². The Hall–Kier alpha value is -0.860. The van der Waals surface area contributed by atoms with Crippen LogP contribution in [0, 0.1) is 17.8 Å². The van der Waals surface area contributed by atoms with Crippen LogP contribution < -0.4 is 0 Å². The van der Waals surface area contributed by atoms with Crippen molar-refractivity contribution in [3.8, 4) is 0 Å². The molecule has 0 bridgehead atoms. The van der Waals surface area contributed by atoms with Crippen molar-refractivity contribution in [2.45, 2.75) is 58.3 Å². The van der Waals surface area contributed by atoms with E-state index in [-0.39, 0.29) is 5.97 Å². The number of hydrogen-bond donors (Lipinski definition) is 0. The second-order valence-corrected chi connectivity index (χ2v) is 5.55. The van der Waals surface area contributed by atoms with Gasteiger partial charge in [0.15, 0.2) is 0 Å². The van der Waals surface area contributed by atoms with Crippen molar-refractivity contribution >= 4 is 12.3 Å². The van der Waals surface area contributed by atoms with Gasteiger partial charge in [-0.05, 0) is 37.5 Å². The molecule has 1 fully saturated rings. The third-order valence-electron chi connectivity index (χ3n) is 4.31. The van der Waals surface area contributed by atoms with Crippen molar-refractivity contribution in [2.24, 2.45) is 17.8 Å². The highest BCUT2D eigenvalue weighted by molar-refractivity contribution is 5.68. The van der Waals surface area contributed by atoms with E-state index >= 15 is 0 Å². The monoisotopic (exact) mass is 254 g/mol. The van der Waals surface area contributed by atoms with Gasteiger partial charge < -0.3 is 9.53 Å².